The maximum absolute atomic E-state index is 11.8. The van der Waals surface area contributed by atoms with Gasteiger partial charge in [0.25, 0.3) is 10.1 Å². The van der Waals surface area contributed by atoms with Crippen LogP contribution in [0.1, 0.15) is 25.0 Å². The van der Waals surface area contributed by atoms with Gasteiger partial charge in [-0.25, -0.2) is 0 Å². The lowest BCUT2D eigenvalue weighted by molar-refractivity contribution is -0.256. The van der Waals surface area contributed by atoms with Gasteiger partial charge in [-0.1, -0.05) is 60.7 Å². The summed E-state index contributed by atoms with van der Waals surface area (Å²) in [6.07, 6.45) is -1.47. The van der Waals surface area contributed by atoms with Gasteiger partial charge in [0.1, 0.15) is 18.3 Å². The number of hydrogen-bond acceptors (Lipinski definition) is 9. The molecule has 34 heavy (non-hydrogen) atoms. The van der Waals surface area contributed by atoms with Crippen molar-refractivity contribution in [1.82, 2.24) is 0 Å². The van der Waals surface area contributed by atoms with Crippen molar-refractivity contribution in [2.24, 2.45) is 0 Å². The first-order valence-corrected chi connectivity index (χ1v) is 12.5. The lowest BCUT2D eigenvalue weighted by atomic mass is 9.94. The van der Waals surface area contributed by atoms with Gasteiger partial charge in [0, 0.05) is 6.92 Å². The van der Waals surface area contributed by atoms with E-state index in [9.17, 15) is 18.3 Å². The smallest absolute Gasteiger partial charge is 0.303 e. The first-order valence-electron chi connectivity index (χ1n) is 10.7. The molecule has 1 fully saturated rings. The molecule has 0 aliphatic carbocycles. The maximum atomic E-state index is 11.8. The lowest BCUT2D eigenvalue weighted by Gasteiger charge is -2.34. The summed E-state index contributed by atoms with van der Waals surface area (Å²) in [5.74, 6) is -2.66. The molecule has 0 amide bonds. The van der Waals surface area contributed by atoms with Gasteiger partial charge in [-0.15, -0.1) is 0 Å². The Hall–Kier alpha value is -2.34. The Morgan fingerprint density at radius 1 is 0.971 bits per heavy atom. The minimum atomic E-state index is -3.88. The van der Waals surface area contributed by atoms with Crippen molar-refractivity contribution in [3.8, 4) is 0 Å². The van der Waals surface area contributed by atoms with Gasteiger partial charge in [-0.2, -0.15) is 8.42 Å². The van der Waals surface area contributed by atoms with E-state index in [0.717, 1.165) is 17.4 Å². The second kappa shape index (κ2) is 10.9. The average molecular weight is 495 g/mol. The minimum Gasteiger partial charge on any atom is -0.454 e. The van der Waals surface area contributed by atoms with Gasteiger partial charge >= 0.3 is 5.97 Å². The summed E-state index contributed by atoms with van der Waals surface area (Å²) in [7, 11) is -3.88. The van der Waals surface area contributed by atoms with Crippen LogP contribution in [-0.2, 0) is 51.3 Å². The van der Waals surface area contributed by atoms with Crippen molar-refractivity contribution >= 4 is 16.1 Å². The first kappa shape index (κ1) is 26.3. The molecule has 1 aliphatic heterocycles. The number of ether oxygens (including phenoxy) is 4. The van der Waals surface area contributed by atoms with Crippen molar-refractivity contribution in [2.45, 2.75) is 50.7 Å². The number of esters is 1. The largest absolute Gasteiger partial charge is 0.454 e. The van der Waals surface area contributed by atoms with E-state index in [2.05, 4.69) is 0 Å². The van der Waals surface area contributed by atoms with Crippen molar-refractivity contribution in [3.05, 3.63) is 71.8 Å². The topological polar surface area (TPSA) is 118 Å². The van der Waals surface area contributed by atoms with E-state index in [4.69, 9.17) is 23.1 Å². The molecule has 1 aliphatic rings. The van der Waals surface area contributed by atoms with Crippen LogP contribution in [0.2, 0.25) is 0 Å². The summed E-state index contributed by atoms with van der Waals surface area (Å²) in [5, 5.41) is 11.0. The number of aliphatic hydroxyl groups is 1. The Morgan fingerprint density at radius 3 is 2.06 bits per heavy atom. The van der Waals surface area contributed by atoms with Crippen molar-refractivity contribution in [2.75, 3.05) is 19.5 Å². The summed E-state index contributed by atoms with van der Waals surface area (Å²) < 4.78 is 52.0. The molecule has 1 N–H and O–H groups in total. The quantitative estimate of drug-likeness (QED) is 0.370. The fourth-order valence-corrected chi connectivity index (χ4v) is 4.23. The lowest BCUT2D eigenvalue weighted by Crippen LogP contribution is -2.53. The van der Waals surface area contributed by atoms with Crippen molar-refractivity contribution in [1.29, 1.82) is 0 Å². The van der Waals surface area contributed by atoms with Gasteiger partial charge in [-0.3, -0.25) is 8.98 Å². The van der Waals surface area contributed by atoms with Gasteiger partial charge in [-0.05, 0) is 18.1 Å². The van der Waals surface area contributed by atoms with Crippen LogP contribution in [0.15, 0.2) is 60.7 Å². The fourth-order valence-electron chi connectivity index (χ4n) is 3.82. The highest BCUT2D eigenvalue weighted by Crippen LogP contribution is 2.42. The van der Waals surface area contributed by atoms with Crippen LogP contribution in [0.5, 0.6) is 0 Å². The first-order chi connectivity index (χ1) is 16.0. The van der Waals surface area contributed by atoms with E-state index in [0.29, 0.717) is 0 Å². The molecule has 10 heteroatoms. The van der Waals surface area contributed by atoms with Crippen LogP contribution in [0.4, 0.5) is 0 Å². The van der Waals surface area contributed by atoms with Crippen LogP contribution < -0.4 is 0 Å². The number of carbonyl (C=O) groups excluding carboxylic acids is 1. The molecule has 1 saturated heterocycles. The fraction of sp³-hybridized carbons (Fsp3) is 0.458. The number of rotatable bonds is 11. The third-order valence-electron chi connectivity index (χ3n) is 5.27. The zero-order chi connectivity index (χ0) is 24.8. The molecule has 0 aromatic heterocycles. The Morgan fingerprint density at radius 2 is 1.53 bits per heavy atom. The molecule has 186 valence electrons. The summed E-state index contributed by atoms with van der Waals surface area (Å²) >= 11 is 0. The Bertz CT molecular complexity index is 1040. The third kappa shape index (κ3) is 7.08. The number of hydrogen-bond donors (Lipinski definition) is 1. The highest BCUT2D eigenvalue weighted by Gasteiger charge is 2.64. The summed E-state index contributed by atoms with van der Waals surface area (Å²) in [6, 6.07) is 18.6. The molecule has 0 radical (unpaired) electrons. The SMILES string of the molecule is CC(=O)O[C@@H]1[C@H](OCc2ccccc2)[C@](COCc2ccccc2)(COS(C)(=O)=O)O[C@@]1(C)O. The monoisotopic (exact) mass is 494 g/mol. The van der Waals surface area contributed by atoms with Crippen LogP contribution in [0.25, 0.3) is 0 Å². The van der Waals surface area contributed by atoms with Gasteiger partial charge in [0.15, 0.2) is 6.10 Å². The van der Waals surface area contributed by atoms with E-state index < -0.39 is 46.3 Å². The Kier molecular flexibility index (Phi) is 8.45. The Balaban J connectivity index is 1.91. The van der Waals surface area contributed by atoms with Crippen LogP contribution >= 0.6 is 0 Å². The van der Waals surface area contributed by atoms with Crippen LogP contribution in [0, 0.1) is 0 Å². The molecule has 0 bridgehead atoms. The second-order valence-electron chi connectivity index (χ2n) is 8.41. The molecular formula is C24H30O9S. The molecule has 1 heterocycles. The number of benzene rings is 2. The van der Waals surface area contributed by atoms with Gasteiger partial charge in [0.05, 0.1) is 26.1 Å². The van der Waals surface area contributed by atoms with E-state index in [-0.39, 0.29) is 19.8 Å². The van der Waals surface area contributed by atoms with Crippen molar-refractivity contribution in [3.63, 3.8) is 0 Å². The normalized spacial score (nSPS) is 26.9. The van der Waals surface area contributed by atoms with Crippen LogP contribution in [-0.4, -0.2) is 62.6 Å². The molecule has 0 unspecified atom stereocenters. The Labute approximate surface area is 199 Å². The summed E-state index contributed by atoms with van der Waals surface area (Å²) in [5.41, 5.74) is 0.0967. The van der Waals surface area contributed by atoms with E-state index in [1.54, 1.807) is 0 Å². The third-order valence-corrected chi connectivity index (χ3v) is 5.82. The van der Waals surface area contributed by atoms with Gasteiger partial charge < -0.3 is 24.1 Å². The van der Waals surface area contributed by atoms with E-state index in [1.807, 2.05) is 60.7 Å². The zero-order valence-electron chi connectivity index (χ0n) is 19.4. The highest BCUT2D eigenvalue weighted by atomic mass is 32.2. The summed E-state index contributed by atoms with van der Waals surface area (Å²) in [6.45, 7) is 2.07. The molecule has 9 nitrogen and oxygen atoms in total. The van der Waals surface area contributed by atoms with E-state index >= 15 is 0 Å². The van der Waals surface area contributed by atoms with Gasteiger partial charge in [0.2, 0.25) is 5.79 Å². The summed E-state index contributed by atoms with van der Waals surface area (Å²) in [4.78, 5) is 11.8. The molecule has 0 spiro atoms. The molecule has 4 atom stereocenters. The average Bonchev–Trinajstić information content (AvgIpc) is 2.98. The second-order valence-corrected chi connectivity index (χ2v) is 10.1. The van der Waals surface area contributed by atoms with Crippen LogP contribution in [0.3, 0.4) is 0 Å². The molecule has 0 saturated carbocycles. The standard InChI is InChI=1S/C24H30O9S/c1-18(25)32-21-22(30-15-20-12-8-5-9-13-20)24(33-23(21,2)26,17-31-34(3,27)28)16-29-14-19-10-6-4-7-11-19/h4-13,21-22,26H,14-17H2,1-3H3/t21-,22+,23-,24+/m1/s1. The molecular weight excluding hydrogens is 464 g/mol. The maximum Gasteiger partial charge on any atom is 0.303 e. The zero-order valence-corrected chi connectivity index (χ0v) is 20.2. The molecule has 3 rings (SSSR count). The highest BCUT2D eigenvalue weighted by molar-refractivity contribution is 7.85. The van der Waals surface area contributed by atoms with E-state index in [1.165, 1.54) is 13.8 Å². The molecule has 2 aromatic carbocycles. The van der Waals surface area contributed by atoms with Crippen molar-refractivity contribution < 1.29 is 41.4 Å². The predicted molar refractivity (Wildman–Crippen MR) is 122 cm³/mol. The molecule has 2 aromatic rings. The minimum absolute atomic E-state index is 0.0853. The number of carbonyl (C=O) groups is 1. The predicted octanol–water partition coefficient (Wildman–Crippen LogP) is 2.17.